The molecule has 1 aromatic rings. The summed E-state index contributed by atoms with van der Waals surface area (Å²) in [5.74, 6) is 0.817. The van der Waals surface area contributed by atoms with Gasteiger partial charge in [0.2, 0.25) is 0 Å². The summed E-state index contributed by atoms with van der Waals surface area (Å²) in [6.07, 6.45) is 6.28. The highest BCUT2D eigenvalue weighted by Gasteiger charge is 2.34. The highest BCUT2D eigenvalue weighted by molar-refractivity contribution is 9.10. The number of nitrogens with two attached hydrogens (primary N) is 1. The van der Waals surface area contributed by atoms with Gasteiger partial charge in [-0.15, -0.1) is 0 Å². The minimum atomic E-state index is 0.0861. The maximum Gasteiger partial charge on any atom is 0.0498 e. The van der Waals surface area contributed by atoms with Crippen LogP contribution in [0, 0.1) is 5.92 Å². The van der Waals surface area contributed by atoms with Gasteiger partial charge >= 0.3 is 0 Å². The van der Waals surface area contributed by atoms with E-state index in [0.29, 0.717) is 6.54 Å². The Morgan fingerprint density at radius 3 is 2.89 bits per heavy atom. The molecule has 1 fully saturated rings. The molecule has 1 aliphatic rings. The van der Waals surface area contributed by atoms with Crippen LogP contribution in [-0.2, 0) is 0 Å². The highest BCUT2D eigenvalue weighted by atomic mass is 79.9. The molecule has 100 valence electrons. The molecule has 0 aliphatic heterocycles. The number of benzene rings is 1. The lowest BCUT2D eigenvalue weighted by Crippen LogP contribution is -2.49. The first-order valence-corrected chi connectivity index (χ1v) is 7.71. The third-order valence-corrected chi connectivity index (χ3v) is 4.88. The zero-order chi connectivity index (χ0) is 13.0. The summed E-state index contributed by atoms with van der Waals surface area (Å²) in [5, 5.41) is 3.70. The van der Waals surface area contributed by atoms with Gasteiger partial charge in [-0.25, -0.2) is 0 Å². The molecule has 0 aromatic heterocycles. The summed E-state index contributed by atoms with van der Waals surface area (Å²) in [5.41, 5.74) is 7.33. The maximum absolute atomic E-state index is 6.08. The van der Waals surface area contributed by atoms with Gasteiger partial charge < -0.3 is 11.1 Å². The number of nitrogens with one attached hydrogen (secondary N) is 1. The van der Waals surface area contributed by atoms with Gasteiger partial charge in [0.15, 0.2) is 0 Å². The van der Waals surface area contributed by atoms with Crippen molar-refractivity contribution >= 4 is 21.6 Å². The molecule has 0 amide bonds. The van der Waals surface area contributed by atoms with Gasteiger partial charge in [-0.2, -0.15) is 0 Å². The minimum Gasteiger partial charge on any atom is -0.377 e. The van der Waals surface area contributed by atoms with Gasteiger partial charge in [0, 0.05) is 22.2 Å². The molecule has 0 radical (unpaired) electrons. The van der Waals surface area contributed by atoms with E-state index in [1.807, 2.05) is 6.07 Å². The first-order chi connectivity index (χ1) is 8.69. The van der Waals surface area contributed by atoms with Crippen LogP contribution >= 0.6 is 15.9 Å². The van der Waals surface area contributed by atoms with Gasteiger partial charge in [-0.3, -0.25) is 0 Å². The third kappa shape index (κ3) is 3.07. The van der Waals surface area contributed by atoms with Crippen LogP contribution in [0.3, 0.4) is 0 Å². The second kappa shape index (κ2) is 6.07. The highest BCUT2D eigenvalue weighted by Crippen LogP contribution is 2.37. The lowest BCUT2D eigenvalue weighted by Gasteiger charge is -2.41. The molecule has 2 unspecified atom stereocenters. The fourth-order valence-corrected chi connectivity index (χ4v) is 3.42. The van der Waals surface area contributed by atoms with Crippen LogP contribution in [0.2, 0.25) is 0 Å². The smallest absolute Gasteiger partial charge is 0.0498 e. The Hall–Kier alpha value is -0.540. The number of hydrogen-bond donors (Lipinski definition) is 2. The van der Waals surface area contributed by atoms with Crippen molar-refractivity contribution in [2.45, 2.75) is 44.6 Å². The van der Waals surface area contributed by atoms with Crippen molar-refractivity contribution in [2.75, 3.05) is 11.9 Å². The number of halogens is 1. The first-order valence-electron chi connectivity index (χ1n) is 6.92. The molecular weight excluding hydrogens is 288 g/mol. The molecule has 18 heavy (non-hydrogen) atoms. The van der Waals surface area contributed by atoms with E-state index in [2.05, 4.69) is 46.4 Å². The van der Waals surface area contributed by atoms with Crippen LogP contribution in [0.1, 0.15) is 39.0 Å². The molecule has 0 bridgehead atoms. The SMILES string of the molecule is CCC1CCCC(CN)(Nc2ccccc2Br)C1. The van der Waals surface area contributed by atoms with Crippen molar-refractivity contribution in [1.29, 1.82) is 0 Å². The molecule has 1 aliphatic carbocycles. The molecule has 2 rings (SSSR count). The number of anilines is 1. The normalized spacial score (nSPS) is 28.1. The fourth-order valence-electron chi connectivity index (χ4n) is 3.03. The molecule has 3 heteroatoms. The van der Waals surface area contributed by atoms with Crippen LogP contribution < -0.4 is 11.1 Å². The summed E-state index contributed by atoms with van der Waals surface area (Å²) < 4.78 is 1.12. The average molecular weight is 311 g/mol. The molecule has 0 spiro atoms. The molecular formula is C15H23BrN2. The van der Waals surface area contributed by atoms with E-state index in [-0.39, 0.29) is 5.54 Å². The first kappa shape index (κ1) is 13.9. The minimum absolute atomic E-state index is 0.0861. The largest absolute Gasteiger partial charge is 0.377 e. The molecule has 1 aromatic carbocycles. The summed E-state index contributed by atoms with van der Waals surface area (Å²) in [4.78, 5) is 0. The van der Waals surface area contributed by atoms with Crippen LogP contribution in [0.25, 0.3) is 0 Å². The van der Waals surface area contributed by atoms with Crippen LogP contribution in [-0.4, -0.2) is 12.1 Å². The Kier molecular flexibility index (Phi) is 4.68. The van der Waals surface area contributed by atoms with Crippen LogP contribution in [0.5, 0.6) is 0 Å². The Labute approximate surface area is 118 Å². The Morgan fingerprint density at radius 1 is 1.44 bits per heavy atom. The van der Waals surface area contributed by atoms with Gasteiger partial charge in [-0.1, -0.05) is 38.3 Å². The topological polar surface area (TPSA) is 38.0 Å². The van der Waals surface area contributed by atoms with Crippen molar-refractivity contribution in [1.82, 2.24) is 0 Å². The van der Waals surface area contributed by atoms with Crippen molar-refractivity contribution in [3.63, 3.8) is 0 Å². The number of rotatable bonds is 4. The summed E-state index contributed by atoms with van der Waals surface area (Å²) in [7, 11) is 0. The molecule has 3 N–H and O–H groups in total. The lowest BCUT2D eigenvalue weighted by molar-refractivity contribution is 0.244. The molecule has 1 saturated carbocycles. The van der Waals surface area contributed by atoms with Gasteiger partial charge in [0.25, 0.3) is 0 Å². The maximum atomic E-state index is 6.08. The summed E-state index contributed by atoms with van der Waals surface area (Å²) in [6.45, 7) is 3.00. The predicted molar refractivity (Wildman–Crippen MR) is 81.8 cm³/mol. The van der Waals surface area contributed by atoms with Crippen molar-refractivity contribution < 1.29 is 0 Å². The predicted octanol–water partition coefficient (Wildman–Crippen LogP) is 4.16. The van der Waals surface area contributed by atoms with E-state index >= 15 is 0 Å². The second-order valence-corrected chi connectivity index (χ2v) is 6.31. The second-order valence-electron chi connectivity index (χ2n) is 5.46. The lowest BCUT2D eigenvalue weighted by atomic mass is 9.74. The summed E-state index contributed by atoms with van der Waals surface area (Å²) >= 11 is 3.61. The zero-order valence-electron chi connectivity index (χ0n) is 11.1. The van der Waals surface area contributed by atoms with Gasteiger partial charge in [-0.05, 0) is 46.8 Å². The number of para-hydroxylation sites is 1. The van der Waals surface area contributed by atoms with E-state index < -0.39 is 0 Å². The van der Waals surface area contributed by atoms with Crippen LogP contribution in [0.4, 0.5) is 5.69 Å². The molecule has 0 saturated heterocycles. The standard InChI is InChI=1S/C15H23BrN2/c1-2-12-6-5-9-15(10-12,11-17)18-14-8-4-3-7-13(14)16/h3-4,7-8,12,18H,2,5-6,9-11,17H2,1H3. The van der Waals surface area contributed by atoms with E-state index in [0.717, 1.165) is 10.4 Å². The van der Waals surface area contributed by atoms with Crippen molar-refractivity contribution in [3.8, 4) is 0 Å². The van der Waals surface area contributed by atoms with E-state index in [1.54, 1.807) is 0 Å². The fraction of sp³-hybridized carbons (Fsp3) is 0.600. The monoisotopic (exact) mass is 310 g/mol. The molecule has 0 heterocycles. The molecule has 2 atom stereocenters. The average Bonchev–Trinajstić information content (AvgIpc) is 2.42. The third-order valence-electron chi connectivity index (χ3n) is 4.19. The van der Waals surface area contributed by atoms with Gasteiger partial charge in [0.05, 0.1) is 0 Å². The Morgan fingerprint density at radius 2 is 2.22 bits per heavy atom. The van der Waals surface area contributed by atoms with Gasteiger partial charge in [0.1, 0.15) is 0 Å². The van der Waals surface area contributed by atoms with E-state index in [4.69, 9.17) is 5.73 Å². The van der Waals surface area contributed by atoms with E-state index in [1.165, 1.54) is 37.8 Å². The zero-order valence-corrected chi connectivity index (χ0v) is 12.7. The number of hydrogen-bond acceptors (Lipinski definition) is 2. The van der Waals surface area contributed by atoms with Crippen LogP contribution in [0.15, 0.2) is 28.7 Å². The van der Waals surface area contributed by atoms with Crippen molar-refractivity contribution in [2.24, 2.45) is 11.7 Å². The quantitative estimate of drug-likeness (QED) is 0.876. The summed E-state index contributed by atoms with van der Waals surface area (Å²) in [6, 6.07) is 8.31. The molecule has 2 nitrogen and oxygen atoms in total. The Bertz CT molecular complexity index is 394. The Balaban J connectivity index is 2.15. The van der Waals surface area contributed by atoms with Crippen molar-refractivity contribution in [3.05, 3.63) is 28.7 Å². The van der Waals surface area contributed by atoms with E-state index in [9.17, 15) is 0 Å².